The molecule has 15 heavy (non-hydrogen) atoms. The Kier molecular flexibility index (Phi) is 3.09. The Bertz CT molecular complexity index is 361. The number of rotatable bonds is 2. The zero-order valence-electron chi connectivity index (χ0n) is 9.14. The normalized spacial score (nSPS) is 17.5. The van der Waals surface area contributed by atoms with Crippen LogP contribution in [0.1, 0.15) is 26.7 Å². The minimum absolute atomic E-state index is 0.0164. The van der Waals surface area contributed by atoms with Gasteiger partial charge in [-0.05, 0) is 47.6 Å². The number of para-hydroxylation sites is 1. The topological polar surface area (TPSA) is 21.3 Å². The molecular weight excluding hydrogens is 301 g/mol. The van der Waals surface area contributed by atoms with E-state index in [1.807, 2.05) is 12.1 Å². The molecule has 2 rings (SSSR count). The molecule has 0 atom stereocenters. The summed E-state index contributed by atoms with van der Waals surface area (Å²) in [6.07, 6.45) is 2.09. The Balaban J connectivity index is 2.34. The maximum Gasteiger partial charge on any atom is 0.144 e. The first kappa shape index (κ1) is 11.0. The molecule has 0 bridgehead atoms. The highest BCUT2D eigenvalue weighted by Crippen LogP contribution is 2.38. The first-order valence-corrected chi connectivity index (χ1v) is 6.50. The number of fused-ring (bicyclic) bond motifs is 1. The van der Waals surface area contributed by atoms with Crippen LogP contribution in [0, 0.1) is 3.57 Å². The standard InChI is InChI=1S/C12H16INO/c1-3-12(4-2)8-14-11-9(13)6-5-7-10(11)15-12/h5-7,14H,3-4,8H2,1-2H3. The summed E-state index contributed by atoms with van der Waals surface area (Å²) in [5.74, 6) is 0.997. The largest absolute Gasteiger partial charge is 0.483 e. The van der Waals surface area contributed by atoms with Crippen LogP contribution in [0.5, 0.6) is 5.75 Å². The minimum Gasteiger partial charge on any atom is -0.483 e. The average Bonchev–Trinajstić information content (AvgIpc) is 2.29. The second-order valence-electron chi connectivity index (χ2n) is 3.96. The Morgan fingerprint density at radius 3 is 2.80 bits per heavy atom. The van der Waals surface area contributed by atoms with Gasteiger partial charge in [-0.25, -0.2) is 0 Å². The van der Waals surface area contributed by atoms with E-state index in [1.165, 1.54) is 3.57 Å². The van der Waals surface area contributed by atoms with Crippen molar-refractivity contribution in [3.63, 3.8) is 0 Å². The van der Waals surface area contributed by atoms with E-state index in [9.17, 15) is 0 Å². The van der Waals surface area contributed by atoms with Crippen LogP contribution in [0.25, 0.3) is 0 Å². The van der Waals surface area contributed by atoms with E-state index < -0.39 is 0 Å². The van der Waals surface area contributed by atoms with Gasteiger partial charge in [-0.3, -0.25) is 0 Å². The van der Waals surface area contributed by atoms with Crippen molar-refractivity contribution in [1.82, 2.24) is 0 Å². The van der Waals surface area contributed by atoms with Crippen LogP contribution >= 0.6 is 22.6 Å². The second kappa shape index (κ2) is 4.20. The van der Waals surface area contributed by atoms with Gasteiger partial charge in [0.15, 0.2) is 0 Å². The molecule has 3 heteroatoms. The van der Waals surface area contributed by atoms with E-state index in [4.69, 9.17) is 4.74 Å². The lowest BCUT2D eigenvalue weighted by molar-refractivity contribution is 0.0669. The van der Waals surface area contributed by atoms with Crippen molar-refractivity contribution in [2.75, 3.05) is 11.9 Å². The zero-order chi connectivity index (χ0) is 10.9. The van der Waals surface area contributed by atoms with Gasteiger partial charge < -0.3 is 10.1 Å². The van der Waals surface area contributed by atoms with Crippen LogP contribution < -0.4 is 10.1 Å². The van der Waals surface area contributed by atoms with E-state index in [-0.39, 0.29) is 5.60 Å². The molecule has 1 heterocycles. The summed E-state index contributed by atoms with van der Waals surface area (Å²) < 4.78 is 7.36. The number of nitrogens with one attached hydrogen (secondary N) is 1. The zero-order valence-corrected chi connectivity index (χ0v) is 11.3. The van der Waals surface area contributed by atoms with Gasteiger partial charge in [-0.2, -0.15) is 0 Å². The van der Waals surface area contributed by atoms with Crippen molar-refractivity contribution in [2.24, 2.45) is 0 Å². The van der Waals surface area contributed by atoms with Crippen molar-refractivity contribution in [3.8, 4) is 5.75 Å². The van der Waals surface area contributed by atoms with E-state index in [1.54, 1.807) is 0 Å². The lowest BCUT2D eigenvalue weighted by Gasteiger charge is -2.38. The maximum absolute atomic E-state index is 6.13. The Morgan fingerprint density at radius 1 is 1.40 bits per heavy atom. The number of hydrogen-bond donors (Lipinski definition) is 1. The van der Waals surface area contributed by atoms with Crippen molar-refractivity contribution in [3.05, 3.63) is 21.8 Å². The third-order valence-corrected chi connectivity index (χ3v) is 4.08. The Morgan fingerprint density at radius 2 is 2.13 bits per heavy atom. The quantitative estimate of drug-likeness (QED) is 0.841. The van der Waals surface area contributed by atoms with Gasteiger partial charge in [0.1, 0.15) is 11.4 Å². The van der Waals surface area contributed by atoms with Crippen molar-refractivity contribution in [1.29, 1.82) is 0 Å². The highest BCUT2D eigenvalue weighted by molar-refractivity contribution is 14.1. The maximum atomic E-state index is 6.13. The molecule has 0 aliphatic carbocycles. The SMILES string of the molecule is CCC1(CC)CNc2c(I)cccc2O1. The summed E-state index contributed by atoms with van der Waals surface area (Å²) in [6.45, 7) is 5.28. The van der Waals surface area contributed by atoms with Gasteiger partial charge in [0, 0.05) is 3.57 Å². The monoisotopic (exact) mass is 317 g/mol. The van der Waals surface area contributed by atoms with E-state index in [2.05, 4.69) is 47.8 Å². The predicted molar refractivity (Wildman–Crippen MR) is 71.6 cm³/mol. The number of anilines is 1. The first-order valence-electron chi connectivity index (χ1n) is 5.42. The third-order valence-electron chi connectivity index (χ3n) is 3.18. The highest BCUT2D eigenvalue weighted by Gasteiger charge is 2.33. The molecule has 0 saturated heterocycles. The number of ether oxygens (including phenoxy) is 1. The van der Waals surface area contributed by atoms with E-state index >= 15 is 0 Å². The average molecular weight is 317 g/mol. The molecule has 0 radical (unpaired) electrons. The van der Waals surface area contributed by atoms with Crippen LogP contribution in [-0.2, 0) is 0 Å². The van der Waals surface area contributed by atoms with Crippen molar-refractivity contribution < 1.29 is 4.74 Å². The van der Waals surface area contributed by atoms with Gasteiger partial charge in [0.25, 0.3) is 0 Å². The molecule has 1 N–H and O–H groups in total. The fourth-order valence-electron chi connectivity index (χ4n) is 1.92. The molecule has 0 unspecified atom stereocenters. The van der Waals surface area contributed by atoms with Gasteiger partial charge in [-0.15, -0.1) is 0 Å². The summed E-state index contributed by atoms with van der Waals surface area (Å²) >= 11 is 2.34. The van der Waals surface area contributed by atoms with E-state index in [0.717, 1.165) is 30.8 Å². The van der Waals surface area contributed by atoms with Crippen LogP contribution in [0.4, 0.5) is 5.69 Å². The fraction of sp³-hybridized carbons (Fsp3) is 0.500. The van der Waals surface area contributed by atoms with Crippen LogP contribution in [-0.4, -0.2) is 12.1 Å². The summed E-state index contributed by atoms with van der Waals surface area (Å²) in [4.78, 5) is 0. The van der Waals surface area contributed by atoms with Gasteiger partial charge in [-0.1, -0.05) is 19.9 Å². The summed E-state index contributed by atoms with van der Waals surface area (Å²) in [5.41, 5.74) is 1.13. The predicted octanol–water partition coefficient (Wildman–Crippen LogP) is 3.65. The van der Waals surface area contributed by atoms with E-state index in [0.29, 0.717) is 0 Å². The van der Waals surface area contributed by atoms with Crippen LogP contribution in [0.2, 0.25) is 0 Å². The number of benzene rings is 1. The molecule has 2 nitrogen and oxygen atoms in total. The fourth-order valence-corrected chi connectivity index (χ4v) is 2.59. The van der Waals surface area contributed by atoms with Gasteiger partial charge in [0.2, 0.25) is 0 Å². The van der Waals surface area contributed by atoms with Crippen LogP contribution in [0.3, 0.4) is 0 Å². The molecule has 1 aliphatic rings. The Labute approximate surface area is 105 Å². The number of hydrogen-bond acceptors (Lipinski definition) is 2. The third kappa shape index (κ3) is 1.94. The van der Waals surface area contributed by atoms with Crippen molar-refractivity contribution >= 4 is 28.3 Å². The molecule has 0 saturated carbocycles. The molecule has 0 spiro atoms. The van der Waals surface area contributed by atoms with Crippen molar-refractivity contribution in [2.45, 2.75) is 32.3 Å². The molecule has 1 aromatic carbocycles. The van der Waals surface area contributed by atoms with Crippen LogP contribution in [0.15, 0.2) is 18.2 Å². The summed E-state index contributed by atoms with van der Waals surface area (Å²) in [5, 5.41) is 3.49. The molecular formula is C12H16INO. The molecule has 82 valence electrons. The van der Waals surface area contributed by atoms with Gasteiger partial charge >= 0.3 is 0 Å². The summed E-state index contributed by atoms with van der Waals surface area (Å²) in [6, 6.07) is 6.19. The summed E-state index contributed by atoms with van der Waals surface area (Å²) in [7, 11) is 0. The number of halogens is 1. The van der Waals surface area contributed by atoms with Gasteiger partial charge in [0.05, 0.1) is 12.2 Å². The minimum atomic E-state index is -0.0164. The highest BCUT2D eigenvalue weighted by atomic mass is 127. The Hall–Kier alpha value is -0.450. The molecule has 0 aromatic heterocycles. The first-order chi connectivity index (χ1) is 7.21. The molecule has 1 aliphatic heterocycles. The smallest absolute Gasteiger partial charge is 0.144 e. The molecule has 0 amide bonds. The lowest BCUT2D eigenvalue weighted by Crippen LogP contribution is -2.45. The lowest BCUT2D eigenvalue weighted by atomic mass is 9.95. The molecule has 0 fully saturated rings. The second-order valence-corrected chi connectivity index (χ2v) is 5.12. The molecule has 1 aromatic rings.